The van der Waals surface area contributed by atoms with Gasteiger partial charge in [-0.2, -0.15) is 0 Å². The van der Waals surface area contributed by atoms with E-state index in [0.717, 1.165) is 11.3 Å². The van der Waals surface area contributed by atoms with E-state index in [0.29, 0.717) is 30.9 Å². The molecule has 0 amide bonds. The van der Waals surface area contributed by atoms with E-state index < -0.39 is 0 Å². The largest absolute Gasteiger partial charge is 0.486 e. The maximum absolute atomic E-state index is 13.8. The summed E-state index contributed by atoms with van der Waals surface area (Å²) in [5.74, 6) is 6.84. The fourth-order valence-electron chi connectivity index (χ4n) is 2.43. The minimum Gasteiger partial charge on any atom is -0.486 e. The molecule has 0 spiro atoms. The molecule has 4 nitrogen and oxygen atoms in total. The fourth-order valence-corrected chi connectivity index (χ4v) is 2.43. The molecule has 1 atom stereocenters. The summed E-state index contributed by atoms with van der Waals surface area (Å²) in [5.41, 5.74) is 4.29. The minimum absolute atomic E-state index is 0.197. The molecule has 0 radical (unpaired) electrons. The third-order valence-corrected chi connectivity index (χ3v) is 3.55. The van der Waals surface area contributed by atoms with Crippen molar-refractivity contribution in [2.24, 2.45) is 5.84 Å². The number of rotatable bonds is 4. The van der Waals surface area contributed by atoms with Crippen LogP contribution in [0.1, 0.15) is 17.2 Å². The van der Waals surface area contributed by atoms with Crippen molar-refractivity contribution in [3.63, 3.8) is 0 Å². The molecular weight excluding hydrogens is 271 g/mol. The Bertz CT molecular complexity index is 633. The first-order valence-electron chi connectivity index (χ1n) is 6.87. The highest BCUT2D eigenvalue weighted by atomic mass is 19.1. The number of benzene rings is 2. The molecule has 0 aliphatic carbocycles. The molecule has 5 heteroatoms. The fraction of sp³-hybridized carbons (Fsp3) is 0.250. The summed E-state index contributed by atoms with van der Waals surface area (Å²) in [6, 6.07) is 12.2. The first-order chi connectivity index (χ1) is 10.3. The first-order valence-corrected chi connectivity index (χ1v) is 6.87. The average Bonchev–Trinajstić information content (AvgIpc) is 2.54. The zero-order valence-corrected chi connectivity index (χ0v) is 11.5. The van der Waals surface area contributed by atoms with Crippen LogP contribution in [0, 0.1) is 5.82 Å². The summed E-state index contributed by atoms with van der Waals surface area (Å²) in [6.45, 7) is 1.09. The lowest BCUT2D eigenvalue weighted by molar-refractivity contribution is 0.171. The minimum atomic E-state index is -0.227. The Balaban J connectivity index is 1.85. The van der Waals surface area contributed by atoms with Crippen LogP contribution in [0.25, 0.3) is 0 Å². The number of fused-ring (bicyclic) bond motifs is 1. The van der Waals surface area contributed by atoms with E-state index in [1.54, 1.807) is 12.1 Å². The normalized spacial score (nSPS) is 14.8. The first kappa shape index (κ1) is 13.9. The maximum atomic E-state index is 13.8. The van der Waals surface area contributed by atoms with Gasteiger partial charge in [-0.25, -0.2) is 4.39 Å². The predicted molar refractivity (Wildman–Crippen MR) is 77.6 cm³/mol. The molecule has 1 heterocycles. The molecular formula is C16H17FN2O2. The number of ether oxygens (including phenoxy) is 2. The smallest absolute Gasteiger partial charge is 0.161 e. The third-order valence-electron chi connectivity index (χ3n) is 3.55. The van der Waals surface area contributed by atoms with Crippen molar-refractivity contribution in [1.82, 2.24) is 5.43 Å². The van der Waals surface area contributed by atoms with Crippen molar-refractivity contribution in [3.05, 3.63) is 59.4 Å². The van der Waals surface area contributed by atoms with Crippen LogP contribution in [0.2, 0.25) is 0 Å². The molecule has 3 rings (SSSR count). The van der Waals surface area contributed by atoms with Gasteiger partial charge in [0.1, 0.15) is 19.0 Å². The van der Waals surface area contributed by atoms with E-state index in [9.17, 15) is 4.39 Å². The monoisotopic (exact) mass is 288 g/mol. The number of halogens is 1. The summed E-state index contributed by atoms with van der Waals surface area (Å²) in [5, 5.41) is 0. The lowest BCUT2D eigenvalue weighted by Gasteiger charge is -2.22. The van der Waals surface area contributed by atoms with E-state index in [4.69, 9.17) is 15.3 Å². The summed E-state index contributed by atoms with van der Waals surface area (Å²) in [6.07, 6.45) is 0.461. The quantitative estimate of drug-likeness (QED) is 0.670. The summed E-state index contributed by atoms with van der Waals surface area (Å²) in [7, 11) is 0. The lowest BCUT2D eigenvalue weighted by Crippen LogP contribution is -2.30. The van der Waals surface area contributed by atoms with Gasteiger partial charge in [0, 0.05) is 0 Å². The predicted octanol–water partition coefficient (Wildman–Crippen LogP) is 2.34. The van der Waals surface area contributed by atoms with Crippen molar-refractivity contribution >= 4 is 0 Å². The van der Waals surface area contributed by atoms with Gasteiger partial charge < -0.3 is 9.47 Å². The highest BCUT2D eigenvalue weighted by Gasteiger charge is 2.17. The summed E-state index contributed by atoms with van der Waals surface area (Å²) in [4.78, 5) is 0. The zero-order chi connectivity index (χ0) is 14.7. The van der Waals surface area contributed by atoms with Crippen LogP contribution in [0.15, 0.2) is 42.5 Å². The molecule has 21 heavy (non-hydrogen) atoms. The Kier molecular flexibility index (Phi) is 4.03. The molecule has 2 aromatic carbocycles. The molecule has 0 saturated heterocycles. The van der Waals surface area contributed by atoms with Gasteiger partial charge >= 0.3 is 0 Å². The SMILES string of the molecule is NNC(Cc1ccccc1F)c1ccc2c(c1)OCCO2. The van der Waals surface area contributed by atoms with Crippen molar-refractivity contribution in [1.29, 1.82) is 0 Å². The molecule has 110 valence electrons. The summed E-state index contributed by atoms with van der Waals surface area (Å²) >= 11 is 0. The van der Waals surface area contributed by atoms with E-state index in [2.05, 4.69) is 5.43 Å². The van der Waals surface area contributed by atoms with Crippen molar-refractivity contribution in [2.45, 2.75) is 12.5 Å². The lowest BCUT2D eigenvalue weighted by atomic mass is 9.98. The molecule has 0 saturated carbocycles. The van der Waals surface area contributed by atoms with Crippen LogP contribution in [0.4, 0.5) is 4.39 Å². The molecule has 0 aromatic heterocycles. The van der Waals surface area contributed by atoms with Gasteiger partial charge in [-0.1, -0.05) is 24.3 Å². The molecule has 3 N–H and O–H groups in total. The van der Waals surface area contributed by atoms with E-state index in [1.807, 2.05) is 24.3 Å². The molecule has 0 bridgehead atoms. The Morgan fingerprint density at radius 2 is 1.86 bits per heavy atom. The Labute approximate surface area is 122 Å². The number of hydrazine groups is 1. The molecule has 1 aliphatic heterocycles. The van der Waals surface area contributed by atoms with Gasteiger partial charge in [-0.05, 0) is 35.7 Å². The van der Waals surface area contributed by atoms with Crippen LogP contribution in [0.3, 0.4) is 0 Å². The van der Waals surface area contributed by atoms with Crippen molar-refractivity contribution in [2.75, 3.05) is 13.2 Å². The average molecular weight is 288 g/mol. The third kappa shape index (κ3) is 2.99. The molecule has 1 unspecified atom stereocenters. The van der Waals surface area contributed by atoms with Gasteiger partial charge in [0.2, 0.25) is 0 Å². The van der Waals surface area contributed by atoms with Crippen molar-refractivity contribution in [3.8, 4) is 11.5 Å². The number of nitrogens with one attached hydrogen (secondary N) is 1. The number of hydrogen-bond acceptors (Lipinski definition) is 4. The van der Waals surface area contributed by atoms with Crippen LogP contribution in [-0.2, 0) is 6.42 Å². The van der Waals surface area contributed by atoms with Crippen LogP contribution < -0.4 is 20.7 Å². The topological polar surface area (TPSA) is 56.5 Å². The Morgan fingerprint density at radius 3 is 2.62 bits per heavy atom. The highest BCUT2D eigenvalue weighted by Crippen LogP contribution is 2.33. The zero-order valence-electron chi connectivity index (χ0n) is 11.5. The second-order valence-corrected chi connectivity index (χ2v) is 4.92. The number of nitrogens with two attached hydrogens (primary N) is 1. The second kappa shape index (κ2) is 6.11. The van der Waals surface area contributed by atoms with Gasteiger partial charge in [0.05, 0.1) is 6.04 Å². The van der Waals surface area contributed by atoms with Gasteiger partial charge in [0.15, 0.2) is 11.5 Å². The Hall–Kier alpha value is -2.11. The molecule has 2 aromatic rings. The van der Waals surface area contributed by atoms with E-state index in [1.165, 1.54) is 6.07 Å². The summed E-state index contributed by atoms with van der Waals surface area (Å²) < 4.78 is 24.8. The molecule has 1 aliphatic rings. The van der Waals surface area contributed by atoms with Crippen LogP contribution in [0.5, 0.6) is 11.5 Å². The van der Waals surface area contributed by atoms with Crippen LogP contribution >= 0.6 is 0 Å². The number of hydrogen-bond donors (Lipinski definition) is 2. The van der Waals surface area contributed by atoms with E-state index in [-0.39, 0.29) is 11.9 Å². The molecule has 0 fully saturated rings. The Morgan fingerprint density at radius 1 is 1.10 bits per heavy atom. The van der Waals surface area contributed by atoms with Gasteiger partial charge in [0.25, 0.3) is 0 Å². The van der Waals surface area contributed by atoms with Crippen molar-refractivity contribution < 1.29 is 13.9 Å². The van der Waals surface area contributed by atoms with Gasteiger partial charge in [-0.15, -0.1) is 0 Å². The van der Waals surface area contributed by atoms with E-state index >= 15 is 0 Å². The second-order valence-electron chi connectivity index (χ2n) is 4.92. The highest BCUT2D eigenvalue weighted by molar-refractivity contribution is 5.45. The maximum Gasteiger partial charge on any atom is 0.161 e. The standard InChI is InChI=1S/C16H17FN2O2/c17-13-4-2-1-3-11(13)9-14(19-18)12-5-6-15-16(10-12)21-8-7-20-15/h1-6,10,14,19H,7-9,18H2. The van der Waals surface area contributed by atoms with Gasteiger partial charge in [-0.3, -0.25) is 11.3 Å². The van der Waals surface area contributed by atoms with Crippen LogP contribution in [-0.4, -0.2) is 13.2 Å².